The van der Waals surface area contributed by atoms with E-state index in [4.69, 9.17) is 0 Å². The van der Waals surface area contributed by atoms with Gasteiger partial charge in [-0.2, -0.15) is 0 Å². The van der Waals surface area contributed by atoms with E-state index < -0.39 is 0 Å². The number of carbonyl (C=O) groups excluding carboxylic acids is 1. The average Bonchev–Trinajstić information content (AvgIpc) is 2.28. The maximum absolute atomic E-state index is 11.3. The minimum Gasteiger partial charge on any atom is -0.355 e. The summed E-state index contributed by atoms with van der Waals surface area (Å²) < 4.78 is 0. The van der Waals surface area contributed by atoms with Crippen molar-refractivity contribution in [3.05, 3.63) is 0 Å². The van der Waals surface area contributed by atoms with E-state index in [9.17, 15) is 4.79 Å². The Hall–Kier alpha value is -0.610. The third-order valence-corrected chi connectivity index (χ3v) is 2.80. The molecule has 1 amide bonds. The number of likely N-dealkylation sites (tertiary alicyclic amines) is 1. The van der Waals surface area contributed by atoms with Gasteiger partial charge in [0.25, 0.3) is 0 Å². The zero-order valence-electron chi connectivity index (χ0n) is 9.72. The summed E-state index contributed by atoms with van der Waals surface area (Å²) in [4.78, 5) is 13.7. The van der Waals surface area contributed by atoms with Crippen LogP contribution in [0.3, 0.4) is 0 Å². The van der Waals surface area contributed by atoms with Crippen molar-refractivity contribution in [3.63, 3.8) is 0 Å². The minimum atomic E-state index is 0.154. The number of carbonyl (C=O) groups is 1. The molecule has 1 rings (SSSR count). The van der Waals surface area contributed by atoms with E-state index in [0.29, 0.717) is 6.42 Å². The molecule has 1 aliphatic heterocycles. The van der Waals surface area contributed by atoms with Crippen LogP contribution in [0.25, 0.3) is 0 Å². The fourth-order valence-corrected chi connectivity index (χ4v) is 1.86. The smallest absolute Gasteiger partial charge is 0.221 e. The molecule has 0 radical (unpaired) electrons. The molecule has 2 N–H and O–H groups in total. The fourth-order valence-electron chi connectivity index (χ4n) is 1.86. The molecule has 0 spiro atoms. The summed E-state index contributed by atoms with van der Waals surface area (Å²) in [5.74, 6) is 0.154. The number of nitrogens with one attached hydrogen (secondary N) is 2. The summed E-state index contributed by atoms with van der Waals surface area (Å²) in [6, 6.07) is 0. The summed E-state index contributed by atoms with van der Waals surface area (Å²) in [6.45, 7) is 4.96. The van der Waals surface area contributed by atoms with Gasteiger partial charge in [0.2, 0.25) is 5.91 Å². The lowest BCUT2D eigenvalue weighted by Gasteiger charge is -2.26. The highest BCUT2D eigenvalue weighted by Gasteiger charge is 2.09. The number of nitrogens with zero attached hydrogens (tertiary/aromatic N) is 1. The van der Waals surface area contributed by atoms with Crippen molar-refractivity contribution < 1.29 is 4.79 Å². The average molecular weight is 213 g/mol. The topological polar surface area (TPSA) is 44.4 Å². The van der Waals surface area contributed by atoms with Gasteiger partial charge in [-0.3, -0.25) is 4.79 Å². The SMILES string of the molecule is CNCCC(=O)NCCN1CCCCC1. The Morgan fingerprint density at radius 3 is 2.60 bits per heavy atom. The van der Waals surface area contributed by atoms with E-state index in [1.807, 2.05) is 7.05 Å². The van der Waals surface area contributed by atoms with Gasteiger partial charge in [-0.1, -0.05) is 6.42 Å². The lowest BCUT2D eigenvalue weighted by atomic mass is 10.1. The number of rotatable bonds is 6. The first kappa shape index (κ1) is 12.5. The van der Waals surface area contributed by atoms with E-state index in [2.05, 4.69) is 15.5 Å². The highest BCUT2D eigenvalue weighted by atomic mass is 16.1. The molecule has 0 bridgehead atoms. The van der Waals surface area contributed by atoms with Crippen molar-refractivity contribution in [2.24, 2.45) is 0 Å². The van der Waals surface area contributed by atoms with Gasteiger partial charge in [0.15, 0.2) is 0 Å². The number of amides is 1. The van der Waals surface area contributed by atoms with Crippen molar-refractivity contribution in [2.75, 3.05) is 39.8 Å². The van der Waals surface area contributed by atoms with Crippen molar-refractivity contribution in [1.82, 2.24) is 15.5 Å². The van der Waals surface area contributed by atoms with Crippen LogP contribution in [0, 0.1) is 0 Å². The van der Waals surface area contributed by atoms with Gasteiger partial charge in [-0.15, -0.1) is 0 Å². The Kier molecular flexibility index (Phi) is 6.36. The van der Waals surface area contributed by atoms with Crippen LogP contribution in [0.15, 0.2) is 0 Å². The molecule has 1 heterocycles. The van der Waals surface area contributed by atoms with Crippen LogP contribution in [0.5, 0.6) is 0 Å². The Balaban J connectivity index is 1.97. The molecule has 0 saturated carbocycles. The molecular formula is C11H23N3O. The molecular weight excluding hydrogens is 190 g/mol. The van der Waals surface area contributed by atoms with Crippen molar-refractivity contribution in [3.8, 4) is 0 Å². The second-order valence-corrected chi connectivity index (χ2v) is 4.11. The summed E-state index contributed by atoms with van der Waals surface area (Å²) >= 11 is 0. The van der Waals surface area contributed by atoms with E-state index in [1.54, 1.807) is 0 Å². The highest BCUT2D eigenvalue weighted by molar-refractivity contribution is 5.76. The minimum absolute atomic E-state index is 0.154. The van der Waals surface area contributed by atoms with Crippen LogP contribution < -0.4 is 10.6 Å². The second kappa shape index (κ2) is 7.65. The number of hydrogen-bond acceptors (Lipinski definition) is 3. The first-order valence-corrected chi connectivity index (χ1v) is 5.96. The summed E-state index contributed by atoms with van der Waals surface area (Å²) in [6.07, 6.45) is 4.57. The van der Waals surface area contributed by atoms with Gasteiger partial charge < -0.3 is 15.5 Å². The summed E-state index contributed by atoms with van der Waals surface area (Å²) in [5.41, 5.74) is 0. The number of piperidine rings is 1. The zero-order chi connectivity index (χ0) is 10.9. The van der Waals surface area contributed by atoms with Gasteiger partial charge in [0, 0.05) is 26.1 Å². The van der Waals surface area contributed by atoms with Crippen LogP contribution in [0.4, 0.5) is 0 Å². The summed E-state index contributed by atoms with van der Waals surface area (Å²) in [7, 11) is 1.86. The monoisotopic (exact) mass is 213 g/mol. The third-order valence-electron chi connectivity index (χ3n) is 2.80. The fraction of sp³-hybridized carbons (Fsp3) is 0.909. The van der Waals surface area contributed by atoms with Gasteiger partial charge in [-0.05, 0) is 33.0 Å². The van der Waals surface area contributed by atoms with Crippen molar-refractivity contribution in [1.29, 1.82) is 0 Å². The molecule has 0 unspecified atom stereocenters. The van der Waals surface area contributed by atoms with Gasteiger partial charge in [-0.25, -0.2) is 0 Å². The third kappa shape index (κ3) is 5.74. The maximum atomic E-state index is 11.3. The standard InChI is InChI=1S/C11H23N3O/c1-12-6-5-11(15)13-7-10-14-8-3-2-4-9-14/h12H,2-10H2,1H3,(H,13,15). The molecule has 4 heteroatoms. The molecule has 15 heavy (non-hydrogen) atoms. The Labute approximate surface area is 92.4 Å². The molecule has 0 aromatic carbocycles. The Bertz CT molecular complexity index is 179. The molecule has 1 fully saturated rings. The second-order valence-electron chi connectivity index (χ2n) is 4.11. The molecule has 4 nitrogen and oxygen atoms in total. The van der Waals surface area contributed by atoms with Crippen LogP contribution in [0.2, 0.25) is 0 Å². The van der Waals surface area contributed by atoms with E-state index in [0.717, 1.165) is 19.6 Å². The lowest BCUT2D eigenvalue weighted by Crippen LogP contribution is -2.38. The molecule has 1 saturated heterocycles. The van der Waals surface area contributed by atoms with Crippen LogP contribution in [0.1, 0.15) is 25.7 Å². The first-order valence-electron chi connectivity index (χ1n) is 5.96. The van der Waals surface area contributed by atoms with E-state index in [1.165, 1.54) is 32.4 Å². The number of hydrogen-bond donors (Lipinski definition) is 2. The van der Waals surface area contributed by atoms with E-state index in [-0.39, 0.29) is 5.91 Å². The largest absolute Gasteiger partial charge is 0.355 e. The molecule has 0 aromatic rings. The Morgan fingerprint density at radius 1 is 1.20 bits per heavy atom. The summed E-state index contributed by atoms with van der Waals surface area (Å²) in [5, 5.41) is 5.91. The maximum Gasteiger partial charge on any atom is 0.221 e. The predicted octanol–water partition coefficient (Wildman–Crippen LogP) is 0.198. The van der Waals surface area contributed by atoms with Crippen molar-refractivity contribution >= 4 is 5.91 Å². The van der Waals surface area contributed by atoms with Crippen LogP contribution in [-0.2, 0) is 4.79 Å². The first-order chi connectivity index (χ1) is 7.33. The molecule has 0 atom stereocenters. The van der Waals surface area contributed by atoms with E-state index >= 15 is 0 Å². The molecule has 88 valence electrons. The molecule has 0 aromatic heterocycles. The predicted molar refractivity (Wildman–Crippen MR) is 61.8 cm³/mol. The van der Waals surface area contributed by atoms with Gasteiger partial charge >= 0.3 is 0 Å². The lowest BCUT2D eigenvalue weighted by molar-refractivity contribution is -0.121. The zero-order valence-corrected chi connectivity index (χ0v) is 9.72. The normalized spacial score (nSPS) is 17.7. The van der Waals surface area contributed by atoms with Gasteiger partial charge in [0.05, 0.1) is 0 Å². The molecule has 0 aliphatic carbocycles. The van der Waals surface area contributed by atoms with Crippen LogP contribution >= 0.6 is 0 Å². The quantitative estimate of drug-likeness (QED) is 0.662. The van der Waals surface area contributed by atoms with Gasteiger partial charge in [0.1, 0.15) is 0 Å². The molecule has 1 aliphatic rings. The highest BCUT2D eigenvalue weighted by Crippen LogP contribution is 2.07. The van der Waals surface area contributed by atoms with Crippen LogP contribution in [-0.4, -0.2) is 50.6 Å². The van der Waals surface area contributed by atoms with Crippen molar-refractivity contribution in [2.45, 2.75) is 25.7 Å². The Morgan fingerprint density at radius 2 is 1.93 bits per heavy atom.